The van der Waals surface area contributed by atoms with Gasteiger partial charge in [-0.25, -0.2) is 0 Å². The van der Waals surface area contributed by atoms with E-state index in [0.29, 0.717) is 41.2 Å². The molecule has 2 fully saturated rings. The minimum absolute atomic E-state index is 0.291. The fourth-order valence-corrected chi connectivity index (χ4v) is 5.09. The number of hydrogen-bond acceptors (Lipinski definition) is 2. The smallest absolute Gasteiger partial charge is 0.155 e. The molecule has 0 bridgehead atoms. The number of fused-ring (bicyclic) bond motifs is 5. The Kier molecular flexibility index (Phi) is 2.54. The van der Waals surface area contributed by atoms with E-state index in [1.807, 2.05) is 6.08 Å². The van der Waals surface area contributed by atoms with Gasteiger partial charge in [0.2, 0.25) is 0 Å². The van der Waals surface area contributed by atoms with Gasteiger partial charge in [-0.2, -0.15) is 0 Å². The van der Waals surface area contributed by atoms with Gasteiger partial charge in [0.25, 0.3) is 0 Å². The third-order valence-electron chi connectivity index (χ3n) is 5.94. The van der Waals surface area contributed by atoms with Crippen LogP contribution in [0.25, 0.3) is 0 Å². The van der Waals surface area contributed by atoms with Crippen molar-refractivity contribution in [3.8, 4) is 0 Å². The van der Waals surface area contributed by atoms with Crippen LogP contribution in [0.5, 0.6) is 0 Å². The third kappa shape index (κ3) is 1.69. The van der Waals surface area contributed by atoms with Gasteiger partial charge in [0.05, 0.1) is 0 Å². The summed E-state index contributed by atoms with van der Waals surface area (Å²) in [4.78, 5) is 23.5. The van der Waals surface area contributed by atoms with Crippen LogP contribution in [0.15, 0.2) is 23.8 Å². The molecule has 100 valence electrons. The Morgan fingerprint density at radius 3 is 2.63 bits per heavy atom. The summed E-state index contributed by atoms with van der Waals surface area (Å²) in [5, 5.41) is 0. The maximum absolute atomic E-state index is 11.9. The van der Waals surface area contributed by atoms with Gasteiger partial charge in [0.1, 0.15) is 5.78 Å². The highest BCUT2D eigenvalue weighted by Gasteiger charge is 2.48. The number of Topliss-reactive ketones (excluding diaryl/α,β-unsaturated/α-hetero) is 1. The Hall–Kier alpha value is -1.18. The summed E-state index contributed by atoms with van der Waals surface area (Å²) in [5.74, 6) is 3.63. The van der Waals surface area contributed by atoms with Crippen molar-refractivity contribution >= 4 is 11.6 Å². The monoisotopic (exact) mass is 256 g/mol. The second-order valence-corrected chi connectivity index (χ2v) is 6.71. The molecule has 2 heteroatoms. The van der Waals surface area contributed by atoms with E-state index in [4.69, 9.17) is 0 Å². The summed E-state index contributed by atoms with van der Waals surface area (Å²) in [5.41, 5.74) is 1.26. The lowest BCUT2D eigenvalue weighted by Gasteiger charge is -2.45. The fourth-order valence-electron chi connectivity index (χ4n) is 5.09. The molecule has 0 aliphatic heterocycles. The minimum atomic E-state index is 0.291. The van der Waals surface area contributed by atoms with Crippen LogP contribution in [0.2, 0.25) is 0 Å². The molecule has 4 rings (SSSR count). The second kappa shape index (κ2) is 4.16. The van der Waals surface area contributed by atoms with E-state index < -0.39 is 0 Å². The fraction of sp³-hybridized carbons (Fsp3) is 0.647. The molecule has 4 aliphatic rings. The Morgan fingerprint density at radius 2 is 1.74 bits per heavy atom. The van der Waals surface area contributed by atoms with Crippen molar-refractivity contribution in [1.82, 2.24) is 0 Å². The Bertz CT molecular complexity index is 499. The van der Waals surface area contributed by atoms with E-state index >= 15 is 0 Å². The first kappa shape index (κ1) is 11.6. The molecule has 5 atom stereocenters. The molecule has 0 N–H and O–H groups in total. The van der Waals surface area contributed by atoms with Crippen LogP contribution >= 0.6 is 0 Å². The SMILES string of the molecule is O=C1C=C2C=CC3C4CCC(=O)C4CCC3C2CC1. The molecule has 0 radical (unpaired) electrons. The van der Waals surface area contributed by atoms with Crippen molar-refractivity contribution in [3.05, 3.63) is 23.8 Å². The Balaban J connectivity index is 1.68. The summed E-state index contributed by atoms with van der Waals surface area (Å²) in [6, 6.07) is 0. The molecule has 0 aromatic carbocycles. The molecule has 0 heterocycles. The summed E-state index contributed by atoms with van der Waals surface area (Å²) in [6.45, 7) is 0. The molecule has 0 amide bonds. The van der Waals surface area contributed by atoms with Gasteiger partial charge in [-0.05, 0) is 61.0 Å². The number of rotatable bonds is 0. The van der Waals surface area contributed by atoms with E-state index in [2.05, 4.69) is 12.2 Å². The third-order valence-corrected chi connectivity index (χ3v) is 5.94. The summed E-state index contributed by atoms with van der Waals surface area (Å²) < 4.78 is 0. The quantitative estimate of drug-likeness (QED) is 0.667. The van der Waals surface area contributed by atoms with Gasteiger partial charge in [0, 0.05) is 18.8 Å². The molecule has 0 spiro atoms. The van der Waals surface area contributed by atoms with Crippen LogP contribution in [0.3, 0.4) is 0 Å². The topological polar surface area (TPSA) is 34.1 Å². The molecule has 19 heavy (non-hydrogen) atoms. The zero-order chi connectivity index (χ0) is 13.0. The van der Waals surface area contributed by atoms with Gasteiger partial charge in [-0.3, -0.25) is 9.59 Å². The Morgan fingerprint density at radius 1 is 0.895 bits per heavy atom. The van der Waals surface area contributed by atoms with E-state index in [1.54, 1.807) is 0 Å². The largest absolute Gasteiger partial charge is 0.299 e. The predicted molar refractivity (Wildman–Crippen MR) is 72.4 cm³/mol. The standard InChI is InChI=1S/C17H20O2/c18-11-2-4-12-10(9-11)1-3-14-13(12)5-6-16-15(14)7-8-17(16)19/h1,3,9,12-16H,2,4-8H2. The second-order valence-electron chi connectivity index (χ2n) is 6.71. The number of carbonyl (C=O) groups is 2. The van der Waals surface area contributed by atoms with Crippen LogP contribution in [0.4, 0.5) is 0 Å². The first-order chi connectivity index (χ1) is 9.24. The maximum Gasteiger partial charge on any atom is 0.155 e. The molecular formula is C17H20O2. The van der Waals surface area contributed by atoms with E-state index in [0.717, 1.165) is 32.1 Å². The summed E-state index contributed by atoms with van der Waals surface area (Å²) in [7, 11) is 0. The average Bonchev–Trinajstić information content (AvgIpc) is 2.80. The lowest BCUT2D eigenvalue weighted by atomic mass is 9.58. The lowest BCUT2D eigenvalue weighted by molar-refractivity contribution is -0.122. The zero-order valence-electron chi connectivity index (χ0n) is 11.2. The van der Waals surface area contributed by atoms with Gasteiger partial charge in [0.15, 0.2) is 5.78 Å². The number of carbonyl (C=O) groups excluding carboxylic acids is 2. The van der Waals surface area contributed by atoms with Crippen LogP contribution in [0, 0.1) is 29.6 Å². The van der Waals surface area contributed by atoms with Crippen LogP contribution < -0.4 is 0 Å². The average molecular weight is 256 g/mol. The molecule has 0 saturated heterocycles. The van der Waals surface area contributed by atoms with Crippen LogP contribution in [-0.4, -0.2) is 11.6 Å². The molecule has 4 aliphatic carbocycles. The maximum atomic E-state index is 11.9. The minimum Gasteiger partial charge on any atom is -0.299 e. The van der Waals surface area contributed by atoms with E-state index in [1.165, 1.54) is 12.0 Å². The number of ketones is 2. The first-order valence-corrected chi connectivity index (χ1v) is 7.69. The van der Waals surface area contributed by atoms with Crippen molar-refractivity contribution in [2.75, 3.05) is 0 Å². The lowest BCUT2D eigenvalue weighted by Crippen LogP contribution is -2.39. The van der Waals surface area contributed by atoms with Crippen LogP contribution in [0.1, 0.15) is 38.5 Å². The summed E-state index contributed by atoms with van der Waals surface area (Å²) in [6.07, 6.45) is 12.3. The molecule has 2 saturated carbocycles. The number of hydrogen-bond donors (Lipinski definition) is 0. The van der Waals surface area contributed by atoms with Crippen molar-refractivity contribution in [3.63, 3.8) is 0 Å². The van der Waals surface area contributed by atoms with Gasteiger partial charge in [-0.1, -0.05) is 12.2 Å². The molecule has 2 nitrogen and oxygen atoms in total. The highest BCUT2D eigenvalue weighted by Crippen LogP contribution is 2.53. The van der Waals surface area contributed by atoms with Crippen LogP contribution in [-0.2, 0) is 9.59 Å². The van der Waals surface area contributed by atoms with Crippen molar-refractivity contribution < 1.29 is 9.59 Å². The van der Waals surface area contributed by atoms with Crippen molar-refractivity contribution in [1.29, 1.82) is 0 Å². The highest BCUT2D eigenvalue weighted by molar-refractivity contribution is 5.92. The van der Waals surface area contributed by atoms with Crippen molar-refractivity contribution in [2.45, 2.75) is 38.5 Å². The van der Waals surface area contributed by atoms with E-state index in [-0.39, 0.29) is 0 Å². The molecular weight excluding hydrogens is 236 g/mol. The van der Waals surface area contributed by atoms with Gasteiger partial charge < -0.3 is 0 Å². The van der Waals surface area contributed by atoms with Crippen molar-refractivity contribution in [2.24, 2.45) is 29.6 Å². The highest BCUT2D eigenvalue weighted by atomic mass is 16.1. The Labute approximate surface area is 113 Å². The summed E-state index contributed by atoms with van der Waals surface area (Å²) >= 11 is 0. The van der Waals surface area contributed by atoms with E-state index in [9.17, 15) is 9.59 Å². The zero-order valence-corrected chi connectivity index (χ0v) is 11.2. The first-order valence-electron chi connectivity index (χ1n) is 7.69. The normalized spacial score (nSPS) is 44.4. The predicted octanol–water partition coefficient (Wildman–Crippen LogP) is 3.08. The number of allylic oxidation sites excluding steroid dienone is 4. The van der Waals surface area contributed by atoms with Gasteiger partial charge in [-0.15, -0.1) is 0 Å². The molecule has 0 aromatic rings. The molecule has 0 aromatic heterocycles. The van der Waals surface area contributed by atoms with Gasteiger partial charge >= 0.3 is 0 Å². The molecule has 5 unspecified atom stereocenters.